The van der Waals surface area contributed by atoms with Gasteiger partial charge in [0.05, 0.1) is 6.61 Å². The maximum Gasteiger partial charge on any atom is 0.192 e. The Bertz CT molecular complexity index is 421. The van der Waals surface area contributed by atoms with Crippen molar-refractivity contribution in [1.29, 1.82) is 0 Å². The second-order valence-electron chi connectivity index (χ2n) is 6.13. The van der Waals surface area contributed by atoms with Gasteiger partial charge in [-0.1, -0.05) is 38.6 Å². The van der Waals surface area contributed by atoms with Crippen molar-refractivity contribution in [3.05, 3.63) is 35.7 Å². The Labute approximate surface area is 122 Å². The third kappa shape index (κ3) is 5.43. The topological polar surface area (TPSA) is 35.2 Å². The van der Waals surface area contributed by atoms with Crippen LogP contribution in [0.25, 0.3) is 0 Å². The molecule has 0 atom stereocenters. The van der Waals surface area contributed by atoms with Gasteiger partial charge in [0.15, 0.2) is 8.32 Å². The molecule has 106 valence electrons. The Hall–Kier alpha value is -0.713. The zero-order chi connectivity index (χ0) is 14.5. The molecule has 0 fully saturated rings. The van der Waals surface area contributed by atoms with Gasteiger partial charge in [0.1, 0.15) is 0 Å². The van der Waals surface area contributed by atoms with Crippen LogP contribution in [0.4, 0.5) is 5.69 Å². The van der Waals surface area contributed by atoms with E-state index in [-0.39, 0.29) is 5.04 Å². The lowest BCUT2D eigenvalue weighted by atomic mass is 10.2. The molecule has 0 heterocycles. The summed E-state index contributed by atoms with van der Waals surface area (Å²) < 4.78 is 6.07. The fourth-order valence-electron chi connectivity index (χ4n) is 1.19. The zero-order valence-electron chi connectivity index (χ0n) is 12.6. The van der Waals surface area contributed by atoms with Crippen LogP contribution in [0, 0.1) is 0 Å². The molecule has 0 aromatic heterocycles. The number of benzene rings is 1. The SMILES string of the molecule is CC(C)(C)[Si](C)(C)OCC=CSc1ccc(N)cc1. The van der Waals surface area contributed by atoms with Crippen LogP contribution < -0.4 is 5.73 Å². The van der Waals surface area contributed by atoms with E-state index in [0.717, 1.165) is 5.69 Å². The molecule has 2 nitrogen and oxygen atoms in total. The van der Waals surface area contributed by atoms with Gasteiger partial charge in [0, 0.05) is 10.6 Å². The Morgan fingerprint density at radius 2 is 1.79 bits per heavy atom. The van der Waals surface area contributed by atoms with Crippen molar-refractivity contribution in [1.82, 2.24) is 0 Å². The summed E-state index contributed by atoms with van der Waals surface area (Å²) in [7, 11) is -1.62. The van der Waals surface area contributed by atoms with Crippen LogP contribution in [-0.2, 0) is 4.43 Å². The normalized spacial score (nSPS) is 13.1. The first-order chi connectivity index (χ1) is 8.72. The minimum absolute atomic E-state index is 0.269. The Morgan fingerprint density at radius 3 is 2.32 bits per heavy atom. The molecule has 1 aromatic carbocycles. The minimum atomic E-state index is -1.62. The molecule has 0 aliphatic carbocycles. The van der Waals surface area contributed by atoms with Crippen molar-refractivity contribution in [3.63, 3.8) is 0 Å². The lowest BCUT2D eigenvalue weighted by molar-refractivity contribution is 0.328. The minimum Gasteiger partial charge on any atom is -0.413 e. The van der Waals surface area contributed by atoms with Gasteiger partial charge in [-0.05, 0) is 47.8 Å². The van der Waals surface area contributed by atoms with E-state index in [1.54, 1.807) is 11.8 Å². The summed E-state index contributed by atoms with van der Waals surface area (Å²) in [5, 5.41) is 2.35. The number of hydrogen-bond donors (Lipinski definition) is 1. The highest BCUT2D eigenvalue weighted by Gasteiger charge is 2.36. The average molecular weight is 296 g/mol. The molecule has 0 unspecified atom stereocenters. The van der Waals surface area contributed by atoms with E-state index < -0.39 is 8.32 Å². The molecule has 0 radical (unpaired) electrons. The quantitative estimate of drug-likeness (QED) is 0.477. The van der Waals surface area contributed by atoms with Gasteiger partial charge in [-0.2, -0.15) is 0 Å². The van der Waals surface area contributed by atoms with E-state index in [9.17, 15) is 0 Å². The Kier molecular flexibility index (Phi) is 5.71. The van der Waals surface area contributed by atoms with Gasteiger partial charge in [0.2, 0.25) is 0 Å². The second-order valence-corrected chi connectivity index (χ2v) is 11.9. The number of nitrogen functional groups attached to an aromatic ring is 1. The predicted molar refractivity (Wildman–Crippen MR) is 89.0 cm³/mol. The molecule has 2 N–H and O–H groups in total. The summed E-state index contributed by atoms with van der Waals surface area (Å²) in [6, 6.07) is 7.89. The van der Waals surface area contributed by atoms with Crippen molar-refractivity contribution in [2.24, 2.45) is 0 Å². The molecule has 4 heteroatoms. The number of thioether (sulfide) groups is 1. The maximum atomic E-state index is 6.07. The summed E-state index contributed by atoms with van der Waals surface area (Å²) in [6.07, 6.45) is 2.08. The first-order valence-electron chi connectivity index (χ1n) is 6.53. The fraction of sp³-hybridized carbons (Fsp3) is 0.467. The monoisotopic (exact) mass is 295 g/mol. The van der Waals surface area contributed by atoms with Crippen molar-refractivity contribution in [2.75, 3.05) is 12.3 Å². The number of rotatable bonds is 5. The summed E-state index contributed by atoms with van der Waals surface area (Å²) >= 11 is 1.69. The van der Waals surface area contributed by atoms with Gasteiger partial charge < -0.3 is 10.2 Å². The smallest absolute Gasteiger partial charge is 0.192 e. The highest BCUT2D eigenvalue weighted by atomic mass is 32.2. The van der Waals surface area contributed by atoms with E-state index in [1.165, 1.54) is 4.90 Å². The van der Waals surface area contributed by atoms with Crippen LogP contribution >= 0.6 is 11.8 Å². The molecule has 0 bridgehead atoms. The molecule has 1 aromatic rings. The van der Waals surface area contributed by atoms with E-state index in [4.69, 9.17) is 10.2 Å². The highest BCUT2D eigenvalue weighted by molar-refractivity contribution is 8.02. The summed E-state index contributed by atoms with van der Waals surface area (Å²) in [5.74, 6) is 0. The van der Waals surface area contributed by atoms with E-state index in [2.05, 4.69) is 45.3 Å². The first-order valence-corrected chi connectivity index (χ1v) is 10.3. The summed E-state index contributed by atoms with van der Waals surface area (Å²) in [6.45, 7) is 12.0. The molecule has 0 aliphatic rings. The van der Waals surface area contributed by atoms with E-state index in [0.29, 0.717) is 6.61 Å². The number of hydrogen-bond acceptors (Lipinski definition) is 3. The van der Waals surface area contributed by atoms with Crippen molar-refractivity contribution >= 4 is 25.8 Å². The predicted octanol–water partition coefficient (Wildman–Crippen LogP) is 4.90. The molecule has 0 aliphatic heterocycles. The lowest BCUT2D eigenvalue weighted by Gasteiger charge is -2.35. The van der Waals surface area contributed by atoms with Gasteiger partial charge in [-0.3, -0.25) is 0 Å². The average Bonchev–Trinajstić information content (AvgIpc) is 2.29. The van der Waals surface area contributed by atoms with Crippen LogP contribution in [0.5, 0.6) is 0 Å². The molecule has 0 amide bonds. The van der Waals surface area contributed by atoms with Crippen molar-refractivity contribution < 1.29 is 4.43 Å². The Morgan fingerprint density at radius 1 is 1.21 bits per heavy atom. The molecule has 0 spiro atoms. The van der Waals surface area contributed by atoms with Crippen LogP contribution in [0.15, 0.2) is 40.6 Å². The summed E-state index contributed by atoms with van der Waals surface area (Å²) in [5.41, 5.74) is 6.45. The highest BCUT2D eigenvalue weighted by Crippen LogP contribution is 2.36. The molecule has 0 saturated carbocycles. The molecule has 19 heavy (non-hydrogen) atoms. The van der Waals surface area contributed by atoms with Crippen LogP contribution in [-0.4, -0.2) is 14.9 Å². The van der Waals surface area contributed by atoms with Crippen molar-refractivity contribution in [3.8, 4) is 0 Å². The molecule has 0 saturated heterocycles. The van der Waals surface area contributed by atoms with E-state index >= 15 is 0 Å². The third-order valence-electron chi connectivity index (χ3n) is 3.53. The van der Waals surface area contributed by atoms with Gasteiger partial charge in [-0.15, -0.1) is 0 Å². The first kappa shape index (κ1) is 16.3. The van der Waals surface area contributed by atoms with Crippen LogP contribution in [0.2, 0.25) is 18.1 Å². The number of anilines is 1. The van der Waals surface area contributed by atoms with Gasteiger partial charge in [0.25, 0.3) is 0 Å². The fourth-order valence-corrected chi connectivity index (χ4v) is 2.76. The lowest BCUT2D eigenvalue weighted by Crippen LogP contribution is -2.40. The van der Waals surface area contributed by atoms with Gasteiger partial charge >= 0.3 is 0 Å². The molecular formula is C15H25NOSSi. The third-order valence-corrected chi connectivity index (χ3v) is 8.90. The second kappa shape index (κ2) is 6.64. The Balaban J connectivity index is 2.37. The standard InChI is InChI=1S/C15H25NOSSi/c1-15(2,3)19(4,5)17-11-6-12-18-14-9-7-13(16)8-10-14/h6-10,12H,11,16H2,1-5H3. The van der Waals surface area contributed by atoms with Crippen LogP contribution in [0.3, 0.4) is 0 Å². The van der Waals surface area contributed by atoms with Gasteiger partial charge in [-0.25, -0.2) is 0 Å². The maximum absolute atomic E-state index is 6.07. The molecular weight excluding hydrogens is 270 g/mol. The van der Waals surface area contributed by atoms with Crippen molar-refractivity contribution in [2.45, 2.75) is 43.8 Å². The molecule has 1 rings (SSSR count). The summed E-state index contributed by atoms with van der Waals surface area (Å²) in [4.78, 5) is 1.19. The van der Waals surface area contributed by atoms with E-state index in [1.807, 2.05) is 24.3 Å². The zero-order valence-corrected chi connectivity index (χ0v) is 14.4. The van der Waals surface area contributed by atoms with Crippen LogP contribution in [0.1, 0.15) is 20.8 Å². The number of nitrogens with two attached hydrogens (primary N) is 1. The largest absolute Gasteiger partial charge is 0.413 e.